The molecule has 3 aliphatic heterocycles. The van der Waals surface area contributed by atoms with E-state index in [1.807, 2.05) is 0 Å². The molecule has 3 rings (SSSR count). The molecule has 0 radical (unpaired) electrons. The molecule has 0 aliphatic carbocycles. The summed E-state index contributed by atoms with van der Waals surface area (Å²) >= 11 is 0. The van der Waals surface area contributed by atoms with E-state index >= 15 is 0 Å². The molecule has 3 aliphatic rings. The van der Waals surface area contributed by atoms with Crippen LogP contribution < -0.4 is 0 Å². The average molecular weight is 318 g/mol. The van der Waals surface area contributed by atoms with Gasteiger partial charge in [-0.1, -0.05) is 6.58 Å². The number of carbonyl (C=O) groups is 2. The Balaban J connectivity index is 1.95. The van der Waals surface area contributed by atoms with Gasteiger partial charge in [-0.15, -0.1) is 0 Å². The fourth-order valence-electron chi connectivity index (χ4n) is 3.09. The SMILES string of the molecule is C=C(C)C(=O)OC1C2OS(=O)(=O)C3C2OC1C3C(=O)OC. The fourth-order valence-corrected chi connectivity index (χ4v) is 4.92. The molecule has 0 aromatic rings. The lowest BCUT2D eigenvalue weighted by Crippen LogP contribution is -2.50. The third-order valence-electron chi connectivity index (χ3n) is 3.96. The largest absolute Gasteiger partial charge is 0.469 e. The van der Waals surface area contributed by atoms with E-state index in [1.54, 1.807) is 0 Å². The first kappa shape index (κ1) is 14.5. The Morgan fingerprint density at radius 3 is 2.43 bits per heavy atom. The van der Waals surface area contributed by atoms with Gasteiger partial charge in [0, 0.05) is 5.57 Å². The number of carbonyl (C=O) groups excluding carboxylic acids is 2. The van der Waals surface area contributed by atoms with Crippen LogP contribution in [0.15, 0.2) is 12.2 Å². The molecule has 2 bridgehead atoms. The number of esters is 2. The molecule has 21 heavy (non-hydrogen) atoms. The van der Waals surface area contributed by atoms with Crippen LogP contribution in [0.4, 0.5) is 0 Å². The number of hydrogen-bond acceptors (Lipinski definition) is 8. The summed E-state index contributed by atoms with van der Waals surface area (Å²) in [5.74, 6) is -2.48. The van der Waals surface area contributed by atoms with Crippen LogP contribution >= 0.6 is 0 Å². The lowest BCUT2D eigenvalue weighted by Gasteiger charge is -2.26. The topological polar surface area (TPSA) is 105 Å². The first-order valence-corrected chi connectivity index (χ1v) is 7.77. The molecule has 6 unspecified atom stereocenters. The van der Waals surface area contributed by atoms with Gasteiger partial charge >= 0.3 is 11.9 Å². The fraction of sp³-hybridized carbons (Fsp3) is 0.667. The molecule has 0 amide bonds. The number of rotatable bonds is 3. The van der Waals surface area contributed by atoms with Crippen molar-refractivity contribution in [1.82, 2.24) is 0 Å². The van der Waals surface area contributed by atoms with E-state index in [4.69, 9.17) is 13.7 Å². The van der Waals surface area contributed by atoms with E-state index < -0.39 is 57.6 Å². The molecular formula is C12H14O8S. The van der Waals surface area contributed by atoms with Crippen LogP contribution in [0.1, 0.15) is 6.92 Å². The summed E-state index contributed by atoms with van der Waals surface area (Å²) in [6.45, 7) is 4.91. The monoisotopic (exact) mass is 318 g/mol. The summed E-state index contributed by atoms with van der Waals surface area (Å²) in [7, 11) is -2.81. The van der Waals surface area contributed by atoms with E-state index in [1.165, 1.54) is 6.92 Å². The van der Waals surface area contributed by atoms with Gasteiger partial charge in [-0.3, -0.25) is 8.98 Å². The summed E-state index contributed by atoms with van der Waals surface area (Å²) < 4.78 is 44.3. The first-order chi connectivity index (χ1) is 9.77. The normalized spacial score (nSPS) is 41.8. The number of fused-ring (bicyclic) bond motifs is 1. The van der Waals surface area contributed by atoms with Crippen molar-refractivity contribution in [3.63, 3.8) is 0 Å². The minimum absolute atomic E-state index is 0.157. The van der Waals surface area contributed by atoms with Gasteiger partial charge in [0.05, 0.1) is 7.11 Å². The van der Waals surface area contributed by atoms with Gasteiger partial charge in [0.15, 0.2) is 6.10 Å². The van der Waals surface area contributed by atoms with Crippen LogP contribution in [0.2, 0.25) is 0 Å². The van der Waals surface area contributed by atoms with Gasteiger partial charge in [-0.2, -0.15) is 8.42 Å². The average Bonchev–Trinajstić information content (AvgIpc) is 2.99. The second-order valence-electron chi connectivity index (χ2n) is 5.28. The summed E-state index contributed by atoms with van der Waals surface area (Å²) in [5, 5.41) is -1.11. The van der Waals surface area contributed by atoms with Crippen LogP contribution in [-0.2, 0) is 38.1 Å². The second-order valence-corrected chi connectivity index (χ2v) is 7.01. The summed E-state index contributed by atoms with van der Waals surface area (Å²) in [4.78, 5) is 23.5. The van der Waals surface area contributed by atoms with Crippen LogP contribution in [-0.4, -0.2) is 57.1 Å². The maximum Gasteiger partial charge on any atom is 0.333 e. The van der Waals surface area contributed by atoms with Gasteiger partial charge in [0.1, 0.15) is 29.5 Å². The van der Waals surface area contributed by atoms with Crippen molar-refractivity contribution in [2.75, 3.05) is 7.11 Å². The van der Waals surface area contributed by atoms with Crippen molar-refractivity contribution in [2.24, 2.45) is 5.92 Å². The van der Waals surface area contributed by atoms with Crippen LogP contribution in [0.25, 0.3) is 0 Å². The molecule has 0 N–H and O–H groups in total. The Hall–Kier alpha value is -1.45. The minimum atomic E-state index is -3.96. The van der Waals surface area contributed by atoms with Crippen molar-refractivity contribution in [2.45, 2.75) is 36.6 Å². The van der Waals surface area contributed by atoms with E-state index in [2.05, 4.69) is 11.3 Å². The van der Waals surface area contributed by atoms with Gasteiger partial charge in [0.25, 0.3) is 10.1 Å². The zero-order valence-corrected chi connectivity index (χ0v) is 12.2. The van der Waals surface area contributed by atoms with Crippen molar-refractivity contribution < 1.29 is 36.4 Å². The molecule has 0 aromatic heterocycles. The highest BCUT2D eigenvalue weighted by atomic mass is 32.2. The van der Waals surface area contributed by atoms with Gasteiger partial charge < -0.3 is 14.2 Å². The van der Waals surface area contributed by atoms with E-state index in [-0.39, 0.29) is 5.57 Å². The second kappa shape index (κ2) is 4.52. The highest BCUT2D eigenvalue weighted by molar-refractivity contribution is 7.87. The summed E-state index contributed by atoms with van der Waals surface area (Å²) in [5.41, 5.74) is 0.157. The third kappa shape index (κ3) is 1.91. The Morgan fingerprint density at radius 1 is 1.19 bits per heavy atom. The minimum Gasteiger partial charge on any atom is -0.469 e. The summed E-state index contributed by atoms with van der Waals surface area (Å²) in [6, 6.07) is 0. The molecule has 3 saturated heterocycles. The maximum absolute atomic E-state index is 12.0. The highest BCUT2D eigenvalue weighted by Crippen LogP contribution is 2.51. The standard InChI is InChI=1S/C12H14O8S/c1-4(2)11(13)19-7-6-5(12(14)17-3)10-9(18-6)8(7)20-21(10,15)16/h5-10H,1H2,2-3H3. The Labute approximate surface area is 121 Å². The van der Waals surface area contributed by atoms with Gasteiger partial charge in [0.2, 0.25) is 0 Å². The maximum atomic E-state index is 12.0. The smallest absolute Gasteiger partial charge is 0.333 e. The predicted molar refractivity (Wildman–Crippen MR) is 66.4 cm³/mol. The van der Waals surface area contributed by atoms with Crippen LogP contribution in [0.3, 0.4) is 0 Å². The molecule has 3 heterocycles. The molecule has 0 spiro atoms. The number of methoxy groups -OCH3 is 1. The Morgan fingerprint density at radius 2 is 1.86 bits per heavy atom. The van der Waals surface area contributed by atoms with Gasteiger partial charge in [-0.05, 0) is 6.92 Å². The van der Waals surface area contributed by atoms with Crippen LogP contribution in [0, 0.1) is 5.92 Å². The zero-order chi connectivity index (χ0) is 15.5. The van der Waals surface area contributed by atoms with E-state index in [9.17, 15) is 18.0 Å². The van der Waals surface area contributed by atoms with Crippen molar-refractivity contribution in [3.8, 4) is 0 Å². The predicted octanol–water partition coefficient (Wildman–Crippen LogP) is -0.858. The molecule has 6 atom stereocenters. The van der Waals surface area contributed by atoms with Crippen molar-refractivity contribution in [1.29, 1.82) is 0 Å². The molecular weight excluding hydrogens is 304 g/mol. The molecule has 8 nitrogen and oxygen atoms in total. The van der Waals surface area contributed by atoms with E-state index in [0.717, 1.165) is 7.11 Å². The molecule has 9 heteroatoms. The molecule has 0 aromatic carbocycles. The van der Waals surface area contributed by atoms with Crippen molar-refractivity contribution >= 4 is 22.1 Å². The number of ether oxygens (including phenoxy) is 3. The number of hydrogen-bond donors (Lipinski definition) is 0. The first-order valence-electron chi connectivity index (χ1n) is 6.30. The lowest BCUT2D eigenvalue weighted by molar-refractivity contribution is -0.158. The molecule has 3 fully saturated rings. The molecule has 116 valence electrons. The molecule has 0 saturated carbocycles. The Bertz CT molecular complexity index is 623. The lowest BCUT2D eigenvalue weighted by atomic mass is 9.85. The summed E-state index contributed by atoms with van der Waals surface area (Å²) in [6.07, 6.45) is -3.61. The van der Waals surface area contributed by atoms with E-state index in [0.29, 0.717) is 0 Å². The van der Waals surface area contributed by atoms with Gasteiger partial charge in [-0.25, -0.2) is 4.79 Å². The zero-order valence-electron chi connectivity index (χ0n) is 11.3. The quantitative estimate of drug-likeness (QED) is 0.376. The highest BCUT2D eigenvalue weighted by Gasteiger charge is 2.73. The third-order valence-corrected chi connectivity index (χ3v) is 5.68. The van der Waals surface area contributed by atoms with Crippen LogP contribution in [0.5, 0.6) is 0 Å². The Kier molecular flexibility index (Phi) is 3.12. The van der Waals surface area contributed by atoms with Crippen molar-refractivity contribution in [3.05, 3.63) is 12.2 Å².